The van der Waals surface area contributed by atoms with Crippen LogP contribution in [0, 0.1) is 10.1 Å². The smallest absolute Gasteiger partial charge is 0.343 e. The van der Waals surface area contributed by atoms with E-state index in [9.17, 15) is 19.7 Å². The molecule has 0 aromatic heterocycles. The molecule has 6 nitrogen and oxygen atoms in total. The third kappa shape index (κ3) is 3.41. The minimum Gasteiger partial charge on any atom is -0.421 e. The van der Waals surface area contributed by atoms with Crippen LogP contribution in [-0.2, 0) is 0 Å². The van der Waals surface area contributed by atoms with Gasteiger partial charge in [-0.05, 0) is 24.3 Å². The molecule has 0 atom stereocenters. The van der Waals surface area contributed by atoms with Crippen LogP contribution in [0.4, 0.5) is 5.69 Å². The molecule has 0 N–H and O–H groups in total. The Hall–Kier alpha value is -2.44. The number of halogens is 2. The van der Waals surface area contributed by atoms with Crippen LogP contribution in [0.25, 0.3) is 0 Å². The zero-order valence-corrected chi connectivity index (χ0v) is 12.3. The molecule has 2 rings (SSSR count). The number of ether oxygens (including phenoxy) is 1. The van der Waals surface area contributed by atoms with Gasteiger partial charge in [-0.25, -0.2) is 4.79 Å². The van der Waals surface area contributed by atoms with E-state index in [2.05, 4.69) is 0 Å². The number of carbonyl (C=O) groups is 2. The number of hydrogen-bond donors (Lipinski definition) is 0. The molecule has 0 aliphatic heterocycles. The first-order chi connectivity index (χ1) is 10.4. The molecule has 0 aliphatic carbocycles. The molecule has 0 radical (unpaired) electrons. The van der Waals surface area contributed by atoms with Gasteiger partial charge in [0, 0.05) is 17.2 Å². The fourth-order valence-electron chi connectivity index (χ4n) is 1.65. The maximum atomic E-state index is 12.0. The van der Waals surface area contributed by atoms with E-state index in [-0.39, 0.29) is 32.6 Å². The lowest BCUT2D eigenvalue weighted by Crippen LogP contribution is -2.10. The van der Waals surface area contributed by atoms with Crippen molar-refractivity contribution in [3.05, 3.63) is 67.7 Å². The van der Waals surface area contributed by atoms with Crippen molar-refractivity contribution in [2.75, 3.05) is 0 Å². The van der Waals surface area contributed by atoms with Gasteiger partial charge in [0.25, 0.3) is 5.69 Å². The Morgan fingerprint density at radius 2 is 1.82 bits per heavy atom. The van der Waals surface area contributed by atoms with Crippen LogP contribution >= 0.6 is 23.2 Å². The fraction of sp³-hybridized carbons (Fsp3) is 0. The Bertz CT molecular complexity index is 759. The van der Waals surface area contributed by atoms with Crippen molar-refractivity contribution in [3.63, 3.8) is 0 Å². The number of rotatable bonds is 4. The highest BCUT2D eigenvalue weighted by molar-refractivity contribution is 6.36. The molecular weight excluding hydrogens is 333 g/mol. The molecule has 2 aromatic carbocycles. The monoisotopic (exact) mass is 339 g/mol. The molecule has 0 unspecified atom stereocenters. The van der Waals surface area contributed by atoms with E-state index in [0.29, 0.717) is 6.29 Å². The van der Waals surface area contributed by atoms with E-state index in [4.69, 9.17) is 27.9 Å². The molecule has 22 heavy (non-hydrogen) atoms. The number of nitro groups is 1. The molecule has 0 fully saturated rings. The Kier molecular flexibility index (Phi) is 4.75. The summed E-state index contributed by atoms with van der Waals surface area (Å²) in [5, 5.41) is 10.8. The van der Waals surface area contributed by atoms with Crippen LogP contribution in [0.15, 0.2) is 36.4 Å². The Labute approximate surface area is 134 Å². The minimum absolute atomic E-state index is 0.00450. The number of non-ortho nitro benzene ring substituents is 1. The summed E-state index contributed by atoms with van der Waals surface area (Å²) in [6.07, 6.45) is 0.455. The normalized spacial score (nSPS) is 10.1. The van der Waals surface area contributed by atoms with Crippen molar-refractivity contribution in [1.29, 1.82) is 0 Å². The number of aldehydes is 1. The first-order valence-electron chi connectivity index (χ1n) is 5.83. The summed E-state index contributed by atoms with van der Waals surface area (Å²) < 4.78 is 5.08. The van der Waals surface area contributed by atoms with Gasteiger partial charge in [-0.15, -0.1) is 0 Å². The maximum Gasteiger partial charge on any atom is 0.343 e. The highest BCUT2D eigenvalue weighted by Crippen LogP contribution is 2.32. The van der Waals surface area contributed by atoms with E-state index >= 15 is 0 Å². The van der Waals surface area contributed by atoms with Crippen molar-refractivity contribution < 1.29 is 19.2 Å². The number of hydrogen-bond acceptors (Lipinski definition) is 5. The average molecular weight is 340 g/mol. The number of esters is 1. The van der Waals surface area contributed by atoms with E-state index in [1.807, 2.05) is 0 Å². The van der Waals surface area contributed by atoms with E-state index in [1.165, 1.54) is 36.4 Å². The van der Waals surface area contributed by atoms with E-state index in [0.717, 1.165) is 0 Å². The molecule has 0 saturated heterocycles. The SMILES string of the molecule is O=Cc1cc(Cl)cc(Cl)c1OC(=O)c1ccc([N+](=O)[O-])cc1. The molecule has 0 bridgehead atoms. The standard InChI is InChI=1S/C14H7Cl2NO5/c15-10-5-9(7-18)13(12(16)6-10)22-14(19)8-1-3-11(4-2-8)17(20)21/h1-7H. The van der Waals surface area contributed by atoms with Crippen LogP contribution in [0.5, 0.6) is 5.75 Å². The second-order valence-corrected chi connectivity index (χ2v) is 4.96. The van der Waals surface area contributed by atoms with Gasteiger partial charge in [-0.2, -0.15) is 0 Å². The van der Waals surface area contributed by atoms with Gasteiger partial charge in [0.1, 0.15) is 0 Å². The first-order valence-corrected chi connectivity index (χ1v) is 6.59. The molecular formula is C14H7Cl2NO5. The summed E-state index contributed by atoms with van der Waals surface area (Å²) in [4.78, 5) is 33.0. The molecule has 0 heterocycles. The topological polar surface area (TPSA) is 86.5 Å². The zero-order chi connectivity index (χ0) is 16.3. The quantitative estimate of drug-likeness (QED) is 0.277. The van der Waals surface area contributed by atoms with Gasteiger partial charge in [0.2, 0.25) is 0 Å². The lowest BCUT2D eigenvalue weighted by Gasteiger charge is -2.09. The highest BCUT2D eigenvalue weighted by atomic mass is 35.5. The van der Waals surface area contributed by atoms with Crippen molar-refractivity contribution in [3.8, 4) is 5.75 Å². The molecule has 2 aromatic rings. The molecule has 8 heteroatoms. The van der Waals surface area contributed by atoms with Crippen LogP contribution < -0.4 is 4.74 Å². The van der Waals surface area contributed by atoms with Crippen LogP contribution in [-0.4, -0.2) is 17.2 Å². The third-order valence-electron chi connectivity index (χ3n) is 2.67. The fourth-order valence-corrected chi connectivity index (χ4v) is 2.19. The van der Waals surface area contributed by atoms with Crippen molar-refractivity contribution in [2.24, 2.45) is 0 Å². The first kappa shape index (κ1) is 15.9. The highest BCUT2D eigenvalue weighted by Gasteiger charge is 2.17. The van der Waals surface area contributed by atoms with Gasteiger partial charge in [-0.1, -0.05) is 23.2 Å². The van der Waals surface area contributed by atoms with Crippen LogP contribution in [0.3, 0.4) is 0 Å². The summed E-state index contributed by atoms with van der Waals surface area (Å²) in [6, 6.07) is 7.45. The van der Waals surface area contributed by atoms with Gasteiger partial charge in [-0.3, -0.25) is 14.9 Å². The van der Waals surface area contributed by atoms with E-state index in [1.54, 1.807) is 0 Å². The second-order valence-electron chi connectivity index (χ2n) is 4.12. The van der Waals surface area contributed by atoms with Crippen LogP contribution in [0.2, 0.25) is 10.0 Å². The Morgan fingerprint density at radius 3 is 2.36 bits per heavy atom. The summed E-state index contributed by atoms with van der Waals surface area (Å²) in [5.41, 5.74) is -0.0594. The molecule has 0 spiro atoms. The lowest BCUT2D eigenvalue weighted by atomic mass is 10.2. The maximum absolute atomic E-state index is 12.0. The Balaban J connectivity index is 2.29. The van der Waals surface area contributed by atoms with Crippen molar-refractivity contribution in [2.45, 2.75) is 0 Å². The summed E-state index contributed by atoms with van der Waals surface area (Å²) in [5.74, 6) is -0.924. The average Bonchev–Trinajstić information content (AvgIpc) is 2.49. The van der Waals surface area contributed by atoms with Crippen molar-refractivity contribution in [1.82, 2.24) is 0 Å². The van der Waals surface area contributed by atoms with Gasteiger partial charge in [0.05, 0.1) is 21.1 Å². The molecule has 0 saturated carbocycles. The molecule has 0 amide bonds. The summed E-state index contributed by atoms with van der Waals surface area (Å²) in [7, 11) is 0. The van der Waals surface area contributed by atoms with Crippen LogP contribution in [0.1, 0.15) is 20.7 Å². The number of carbonyl (C=O) groups excluding carboxylic acids is 2. The van der Waals surface area contributed by atoms with Gasteiger partial charge in [0.15, 0.2) is 12.0 Å². The molecule has 112 valence electrons. The molecule has 0 aliphatic rings. The van der Waals surface area contributed by atoms with Gasteiger partial charge >= 0.3 is 5.97 Å². The van der Waals surface area contributed by atoms with Gasteiger partial charge < -0.3 is 4.74 Å². The zero-order valence-electron chi connectivity index (χ0n) is 10.8. The number of nitro benzene ring substituents is 1. The predicted molar refractivity (Wildman–Crippen MR) is 79.9 cm³/mol. The Morgan fingerprint density at radius 1 is 1.18 bits per heavy atom. The predicted octanol–water partition coefficient (Wildman–Crippen LogP) is 3.93. The second kappa shape index (κ2) is 6.55. The van der Waals surface area contributed by atoms with Crippen molar-refractivity contribution >= 4 is 41.1 Å². The number of nitrogens with zero attached hydrogens (tertiary/aromatic N) is 1. The lowest BCUT2D eigenvalue weighted by molar-refractivity contribution is -0.384. The third-order valence-corrected chi connectivity index (χ3v) is 3.17. The minimum atomic E-state index is -0.803. The number of benzene rings is 2. The largest absolute Gasteiger partial charge is 0.421 e. The summed E-state index contributed by atoms with van der Waals surface area (Å²) in [6.45, 7) is 0. The van der Waals surface area contributed by atoms with E-state index < -0.39 is 10.9 Å². The summed E-state index contributed by atoms with van der Waals surface area (Å²) >= 11 is 11.7.